The number of hydrogen-bond acceptors (Lipinski definition) is 4. The second-order valence-corrected chi connectivity index (χ2v) is 20.4. The van der Waals surface area contributed by atoms with Gasteiger partial charge in [-0.1, -0.05) is 248 Å². The highest BCUT2D eigenvalue weighted by Gasteiger charge is 2.05. The Kier molecular flexibility index (Phi) is 25.5. The van der Waals surface area contributed by atoms with Crippen molar-refractivity contribution in [2.24, 2.45) is 0 Å². The van der Waals surface area contributed by atoms with Crippen molar-refractivity contribution in [2.45, 2.75) is 118 Å². The van der Waals surface area contributed by atoms with Crippen molar-refractivity contribution >= 4 is 0 Å². The predicted molar refractivity (Wildman–Crippen MR) is 335 cm³/mol. The zero-order valence-corrected chi connectivity index (χ0v) is 47.5. The lowest BCUT2D eigenvalue weighted by atomic mass is 9.98. The average molecular weight is 1050 g/mol. The van der Waals surface area contributed by atoms with Crippen molar-refractivity contribution in [3.05, 3.63) is 263 Å². The molecule has 9 rings (SSSR count). The average Bonchev–Trinajstić information content (AvgIpc) is 3.52. The fourth-order valence-corrected chi connectivity index (χ4v) is 9.23. The Bertz CT molecular complexity index is 3360. The second-order valence-electron chi connectivity index (χ2n) is 20.4. The molecule has 80 heavy (non-hydrogen) atoms. The van der Waals surface area contributed by atoms with Crippen LogP contribution in [0.5, 0.6) is 0 Å². The summed E-state index contributed by atoms with van der Waals surface area (Å²) in [7, 11) is 0. The Labute approximate surface area is 479 Å². The molecular formula is C76H76N4. The first-order chi connectivity index (χ1) is 39.2. The van der Waals surface area contributed by atoms with E-state index in [9.17, 15) is 0 Å². The van der Waals surface area contributed by atoms with Gasteiger partial charge in [0.05, 0.1) is 46.5 Å². The van der Waals surface area contributed by atoms with Crippen molar-refractivity contribution in [1.82, 2.24) is 0 Å². The lowest BCUT2D eigenvalue weighted by Gasteiger charge is -2.07. The number of aryl methyl sites for hydroxylation is 4. The van der Waals surface area contributed by atoms with E-state index in [1.54, 1.807) is 0 Å². The van der Waals surface area contributed by atoms with E-state index in [1.807, 2.05) is 97.1 Å². The Hall–Kier alpha value is -9.06. The molecule has 0 spiro atoms. The van der Waals surface area contributed by atoms with E-state index >= 15 is 0 Å². The van der Waals surface area contributed by atoms with Gasteiger partial charge in [0.2, 0.25) is 0 Å². The third-order valence-corrected chi connectivity index (χ3v) is 14.2. The quantitative estimate of drug-likeness (QED) is 0.0754. The van der Waals surface area contributed by atoms with Crippen LogP contribution in [0.1, 0.15) is 136 Å². The molecule has 4 heteroatoms. The lowest BCUT2D eigenvalue weighted by Crippen LogP contribution is -1.87. The number of benzene rings is 9. The molecule has 0 fully saturated rings. The van der Waals surface area contributed by atoms with Gasteiger partial charge >= 0.3 is 0 Å². The van der Waals surface area contributed by atoms with Crippen molar-refractivity contribution in [2.75, 3.05) is 0 Å². The third-order valence-electron chi connectivity index (χ3n) is 14.2. The fraction of sp³-hybridized carbons (Fsp3) is 0.237. The highest BCUT2D eigenvalue weighted by atomic mass is 14.2. The molecule has 0 bridgehead atoms. The van der Waals surface area contributed by atoms with Crippen LogP contribution >= 0.6 is 0 Å². The zero-order chi connectivity index (χ0) is 56.6. The number of hydrogen-bond donors (Lipinski definition) is 0. The predicted octanol–water partition coefficient (Wildman–Crippen LogP) is 20.9. The summed E-state index contributed by atoms with van der Waals surface area (Å²) in [6.45, 7) is 8.79. The number of unbranched alkanes of at least 4 members (excludes halogenated alkanes) is 8. The van der Waals surface area contributed by atoms with Crippen LogP contribution in [-0.2, 0) is 19.3 Å². The minimum absolute atomic E-state index is 0.694. The largest absolute Gasteiger partial charge is 0.192 e. The molecule has 9 aromatic rings. The van der Waals surface area contributed by atoms with E-state index in [2.05, 4.69) is 173 Å². The molecule has 0 amide bonds. The van der Waals surface area contributed by atoms with Gasteiger partial charge in [-0.2, -0.15) is 21.0 Å². The molecule has 0 N–H and O–H groups in total. The van der Waals surface area contributed by atoms with Crippen LogP contribution in [0.15, 0.2) is 218 Å². The summed E-state index contributed by atoms with van der Waals surface area (Å²) in [5, 5.41) is 35.2. The fourth-order valence-electron chi connectivity index (χ4n) is 9.23. The maximum atomic E-state index is 8.89. The van der Waals surface area contributed by atoms with E-state index < -0.39 is 0 Å². The minimum Gasteiger partial charge on any atom is -0.192 e. The van der Waals surface area contributed by atoms with E-state index in [-0.39, 0.29) is 0 Å². The number of nitriles is 4. The van der Waals surface area contributed by atoms with E-state index in [0.717, 1.165) is 11.1 Å². The van der Waals surface area contributed by atoms with E-state index in [4.69, 9.17) is 21.0 Å². The molecule has 0 aliphatic heterocycles. The summed E-state index contributed by atoms with van der Waals surface area (Å²) in [5.41, 5.74) is 20.2. The van der Waals surface area contributed by atoms with Crippen LogP contribution in [0.25, 0.3) is 55.6 Å². The third kappa shape index (κ3) is 20.1. The van der Waals surface area contributed by atoms with Crippen molar-refractivity contribution in [3.8, 4) is 79.9 Å². The van der Waals surface area contributed by atoms with Gasteiger partial charge in [0, 0.05) is 0 Å². The van der Waals surface area contributed by atoms with Gasteiger partial charge in [-0.15, -0.1) is 0 Å². The van der Waals surface area contributed by atoms with Crippen LogP contribution < -0.4 is 0 Å². The van der Waals surface area contributed by atoms with Gasteiger partial charge in [0.15, 0.2) is 0 Å². The monoisotopic (exact) mass is 1040 g/mol. The van der Waals surface area contributed by atoms with E-state index in [1.165, 1.54) is 157 Å². The molecular weight excluding hydrogens is 969 g/mol. The summed E-state index contributed by atoms with van der Waals surface area (Å²) < 4.78 is 0. The highest BCUT2D eigenvalue weighted by Crippen LogP contribution is 2.27. The zero-order valence-electron chi connectivity index (χ0n) is 47.5. The van der Waals surface area contributed by atoms with Crippen molar-refractivity contribution in [1.29, 1.82) is 21.0 Å². The Balaban J connectivity index is 0.000000175. The van der Waals surface area contributed by atoms with Crippen LogP contribution in [0.4, 0.5) is 0 Å². The molecule has 0 saturated heterocycles. The van der Waals surface area contributed by atoms with Crippen LogP contribution in [0, 0.1) is 52.2 Å². The molecule has 0 heterocycles. The SMILES string of the molecule is CCCCCCCc1ccc(-c2ccc(C#N)cc2)cc1.CCCCCc1ccc(-c2ccc(-c3ccc(C#N)cc3)cc2)cc1.CCCCCc1ccc(-c2ccc(C#N)cc2)cc1.Cc1ccc(-c2ccc(C#N)cc2)cc1. The lowest BCUT2D eigenvalue weighted by molar-refractivity contribution is 0.632. The summed E-state index contributed by atoms with van der Waals surface area (Å²) in [6.07, 6.45) is 17.9. The van der Waals surface area contributed by atoms with Gasteiger partial charge in [-0.25, -0.2) is 0 Å². The van der Waals surface area contributed by atoms with Gasteiger partial charge in [0.25, 0.3) is 0 Å². The van der Waals surface area contributed by atoms with Crippen LogP contribution in [-0.4, -0.2) is 0 Å². The molecule has 0 saturated carbocycles. The molecule has 0 unspecified atom stereocenters. The number of rotatable bonds is 19. The second kappa shape index (κ2) is 34.0. The Morgan fingerprint density at radius 1 is 0.225 bits per heavy atom. The van der Waals surface area contributed by atoms with Gasteiger partial charge in [0.1, 0.15) is 0 Å². The molecule has 4 nitrogen and oxygen atoms in total. The molecule has 0 aliphatic rings. The van der Waals surface area contributed by atoms with Crippen LogP contribution in [0.3, 0.4) is 0 Å². The topological polar surface area (TPSA) is 95.2 Å². The first kappa shape index (κ1) is 60.2. The minimum atomic E-state index is 0.694. The maximum Gasteiger partial charge on any atom is 0.0991 e. The standard InChI is InChI=1S/C24H23N.C20H23N.C18H19N.C14H11N/c1-2-3-4-5-19-6-10-21(11-7-19)23-14-16-24(17-15-23)22-12-8-20(18-25)9-13-22;1-2-3-4-5-6-7-17-8-12-19(13-9-17)20-14-10-18(16-21)11-15-20;1-2-3-4-5-15-6-10-17(11-7-15)18-12-8-16(14-19)9-13-18;1-11-2-6-13(7-3-11)14-8-4-12(10-15)5-9-14/h6-17H,2-5H2,1H3;8-15H,2-7H2,1H3;6-13H,2-5H2,1H3;2-9H,1H3. The maximum absolute atomic E-state index is 8.89. The number of nitrogens with zero attached hydrogens (tertiary/aromatic N) is 4. The first-order valence-electron chi connectivity index (χ1n) is 28.7. The molecule has 9 aromatic carbocycles. The smallest absolute Gasteiger partial charge is 0.0991 e. The van der Waals surface area contributed by atoms with Crippen molar-refractivity contribution in [3.63, 3.8) is 0 Å². The summed E-state index contributed by atoms with van der Waals surface area (Å²) in [4.78, 5) is 0. The Morgan fingerprint density at radius 2 is 0.400 bits per heavy atom. The molecule has 0 atom stereocenters. The van der Waals surface area contributed by atoms with E-state index in [0.29, 0.717) is 22.3 Å². The first-order valence-corrected chi connectivity index (χ1v) is 28.7. The highest BCUT2D eigenvalue weighted by molar-refractivity contribution is 5.71. The van der Waals surface area contributed by atoms with Gasteiger partial charge in [-0.3, -0.25) is 0 Å². The van der Waals surface area contributed by atoms with Crippen LogP contribution in [0.2, 0.25) is 0 Å². The molecule has 400 valence electrons. The normalized spacial score (nSPS) is 10.2. The van der Waals surface area contributed by atoms with Gasteiger partial charge < -0.3 is 0 Å². The molecule has 0 aliphatic carbocycles. The Morgan fingerprint density at radius 3 is 0.625 bits per heavy atom. The summed E-state index contributed by atoms with van der Waals surface area (Å²) in [6, 6.07) is 83.0. The summed E-state index contributed by atoms with van der Waals surface area (Å²) >= 11 is 0. The molecule has 0 radical (unpaired) electrons. The molecule has 0 aromatic heterocycles. The van der Waals surface area contributed by atoms with Crippen molar-refractivity contribution < 1.29 is 0 Å². The van der Waals surface area contributed by atoms with Gasteiger partial charge in [-0.05, 0) is 166 Å². The summed E-state index contributed by atoms with van der Waals surface area (Å²) in [5.74, 6) is 0.